The topological polar surface area (TPSA) is 81.2 Å². The van der Waals surface area contributed by atoms with Crippen molar-refractivity contribution >= 4 is 17.6 Å². The molecule has 5 nitrogen and oxygen atoms in total. The summed E-state index contributed by atoms with van der Waals surface area (Å²) < 4.78 is 17.4. The summed E-state index contributed by atoms with van der Waals surface area (Å²) in [6, 6.07) is 5.44. The molecular weight excluding hydrogens is 213 g/mol. The molecule has 16 heavy (non-hydrogen) atoms. The third-order valence-electron chi connectivity index (χ3n) is 1.82. The molecule has 0 bridgehead atoms. The van der Waals surface area contributed by atoms with E-state index in [2.05, 4.69) is 10.3 Å². The summed E-state index contributed by atoms with van der Waals surface area (Å²) in [7, 11) is 0. The number of aromatic nitrogens is 1. The minimum Gasteiger partial charge on any atom is -0.436 e. The van der Waals surface area contributed by atoms with Gasteiger partial charge >= 0.3 is 0 Å². The number of amides is 1. The largest absolute Gasteiger partial charge is 0.436 e. The molecule has 0 fully saturated rings. The number of rotatable bonds is 2. The highest BCUT2D eigenvalue weighted by molar-refractivity contribution is 6.01. The number of carbonyl (C=O) groups excluding carboxylic acids is 1. The Labute approximate surface area is 90.1 Å². The van der Waals surface area contributed by atoms with Gasteiger partial charge in [-0.15, -0.1) is 0 Å². The Kier molecular flexibility index (Phi) is 2.55. The maximum absolute atomic E-state index is 12.5. The van der Waals surface area contributed by atoms with Gasteiger partial charge in [-0.1, -0.05) is 0 Å². The van der Waals surface area contributed by atoms with E-state index in [0.717, 1.165) is 6.20 Å². The highest BCUT2D eigenvalue weighted by Crippen LogP contribution is 2.11. The second kappa shape index (κ2) is 4.01. The number of pyridine rings is 1. The number of anilines is 2. The molecule has 0 saturated carbocycles. The average molecular weight is 221 g/mol. The lowest BCUT2D eigenvalue weighted by Gasteiger charge is -2.00. The molecule has 2 heterocycles. The molecule has 0 aromatic carbocycles. The predicted octanol–water partition coefficient (Wildman–Crippen LogP) is 1.65. The van der Waals surface area contributed by atoms with Crippen LogP contribution in [0.5, 0.6) is 0 Å². The molecule has 82 valence electrons. The van der Waals surface area contributed by atoms with Gasteiger partial charge in [0.2, 0.25) is 0 Å². The zero-order valence-electron chi connectivity index (χ0n) is 8.11. The Morgan fingerprint density at radius 3 is 2.75 bits per heavy atom. The number of halogens is 1. The van der Waals surface area contributed by atoms with Crippen LogP contribution in [0.1, 0.15) is 10.6 Å². The van der Waals surface area contributed by atoms with Crippen LogP contribution < -0.4 is 11.1 Å². The van der Waals surface area contributed by atoms with E-state index in [1.165, 1.54) is 24.3 Å². The number of carbonyl (C=O) groups is 1. The molecule has 0 unspecified atom stereocenters. The Hall–Kier alpha value is -2.37. The minimum atomic E-state index is -0.490. The van der Waals surface area contributed by atoms with Crippen LogP contribution in [0.25, 0.3) is 0 Å². The fourth-order valence-electron chi connectivity index (χ4n) is 1.10. The van der Waals surface area contributed by atoms with E-state index < -0.39 is 11.7 Å². The van der Waals surface area contributed by atoms with Gasteiger partial charge in [0, 0.05) is 6.07 Å². The quantitative estimate of drug-likeness (QED) is 0.807. The first-order valence-corrected chi connectivity index (χ1v) is 4.43. The number of nitrogens with zero attached hydrogens (tertiary/aromatic N) is 1. The van der Waals surface area contributed by atoms with Crippen LogP contribution in [0.15, 0.2) is 34.9 Å². The highest BCUT2D eigenvalue weighted by Gasteiger charge is 2.10. The molecule has 0 aliphatic heterocycles. The number of nitrogen functional groups attached to an aromatic ring is 1. The van der Waals surface area contributed by atoms with Crippen molar-refractivity contribution in [2.45, 2.75) is 0 Å². The van der Waals surface area contributed by atoms with Gasteiger partial charge in [0.25, 0.3) is 5.91 Å². The molecule has 2 rings (SSSR count). The monoisotopic (exact) mass is 221 g/mol. The lowest BCUT2D eigenvalue weighted by Crippen LogP contribution is -2.11. The number of nitrogens with one attached hydrogen (secondary N) is 1. The molecule has 6 heteroatoms. The van der Waals surface area contributed by atoms with Crippen LogP contribution in [-0.4, -0.2) is 10.9 Å². The van der Waals surface area contributed by atoms with Crippen LogP contribution in [0.2, 0.25) is 0 Å². The van der Waals surface area contributed by atoms with E-state index in [0.29, 0.717) is 0 Å². The van der Waals surface area contributed by atoms with E-state index in [1.54, 1.807) is 0 Å². The van der Waals surface area contributed by atoms with Crippen molar-refractivity contribution in [1.29, 1.82) is 0 Å². The van der Waals surface area contributed by atoms with Crippen LogP contribution in [0, 0.1) is 5.82 Å². The molecule has 0 radical (unpaired) electrons. The van der Waals surface area contributed by atoms with Crippen LogP contribution in [0.3, 0.4) is 0 Å². The fourth-order valence-corrected chi connectivity index (χ4v) is 1.10. The third kappa shape index (κ3) is 2.17. The van der Waals surface area contributed by atoms with E-state index >= 15 is 0 Å². The first-order valence-electron chi connectivity index (χ1n) is 4.43. The van der Waals surface area contributed by atoms with Gasteiger partial charge in [0.05, 0.1) is 6.20 Å². The summed E-state index contributed by atoms with van der Waals surface area (Å²) >= 11 is 0. The summed E-state index contributed by atoms with van der Waals surface area (Å²) in [5, 5.41) is 2.43. The van der Waals surface area contributed by atoms with Gasteiger partial charge in [0.15, 0.2) is 11.6 Å². The SMILES string of the molecule is Nc1ccc(C(=O)Nc2ccc(F)cn2)o1. The molecule has 0 aliphatic carbocycles. The molecule has 1 amide bonds. The Morgan fingerprint density at radius 1 is 1.38 bits per heavy atom. The van der Waals surface area contributed by atoms with Gasteiger partial charge in [-0.2, -0.15) is 0 Å². The van der Waals surface area contributed by atoms with Crippen molar-refractivity contribution < 1.29 is 13.6 Å². The molecule has 0 aliphatic rings. The molecule has 0 saturated heterocycles. The van der Waals surface area contributed by atoms with Crippen LogP contribution >= 0.6 is 0 Å². The first-order chi connectivity index (χ1) is 7.65. The molecule has 0 spiro atoms. The number of hydrogen-bond acceptors (Lipinski definition) is 4. The fraction of sp³-hybridized carbons (Fsp3) is 0. The lowest BCUT2D eigenvalue weighted by molar-refractivity contribution is 0.0997. The van der Waals surface area contributed by atoms with Crippen LogP contribution in [0.4, 0.5) is 16.1 Å². The third-order valence-corrected chi connectivity index (χ3v) is 1.82. The van der Waals surface area contributed by atoms with Crippen molar-refractivity contribution in [3.8, 4) is 0 Å². The van der Waals surface area contributed by atoms with Gasteiger partial charge in [-0.25, -0.2) is 9.37 Å². The van der Waals surface area contributed by atoms with Gasteiger partial charge < -0.3 is 15.5 Å². The molecule has 2 aromatic rings. The van der Waals surface area contributed by atoms with E-state index in [-0.39, 0.29) is 17.5 Å². The highest BCUT2D eigenvalue weighted by atomic mass is 19.1. The maximum atomic E-state index is 12.5. The van der Waals surface area contributed by atoms with Crippen molar-refractivity contribution in [2.24, 2.45) is 0 Å². The molecule has 0 atom stereocenters. The molecule has 2 aromatic heterocycles. The standard InChI is InChI=1S/C10H8FN3O2/c11-6-1-4-9(13-5-6)14-10(15)7-2-3-8(12)16-7/h1-5H,12H2,(H,13,14,15). The maximum Gasteiger partial charge on any atom is 0.292 e. The number of furan rings is 1. The van der Waals surface area contributed by atoms with Gasteiger partial charge in [-0.3, -0.25) is 4.79 Å². The van der Waals surface area contributed by atoms with E-state index in [4.69, 9.17) is 10.2 Å². The zero-order chi connectivity index (χ0) is 11.5. The van der Waals surface area contributed by atoms with Crippen molar-refractivity contribution in [3.63, 3.8) is 0 Å². The Balaban J connectivity index is 2.10. The van der Waals surface area contributed by atoms with Crippen molar-refractivity contribution in [3.05, 3.63) is 42.0 Å². The molecular formula is C10H8FN3O2. The van der Waals surface area contributed by atoms with Crippen LogP contribution in [-0.2, 0) is 0 Å². The van der Waals surface area contributed by atoms with E-state index in [1.807, 2.05) is 0 Å². The zero-order valence-corrected chi connectivity index (χ0v) is 8.11. The summed E-state index contributed by atoms with van der Waals surface area (Å²) in [6.45, 7) is 0. The van der Waals surface area contributed by atoms with Crippen molar-refractivity contribution in [1.82, 2.24) is 4.98 Å². The molecule has 3 N–H and O–H groups in total. The van der Waals surface area contributed by atoms with E-state index in [9.17, 15) is 9.18 Å². The summed E-state index contributed by atoms with van der Waals surface area (Å²) in [6.07, 6.45) is 1.01. The second-order valence-corrected chi connectivity index (χ2v) is 3.02. The lowest BCUT2D eigenvalue weighted by atomic mass is 10.4. The number of nitrogens with two attached hydrogens (primary N) is 1. The Bertz CT molecular complexity index is 507. The Morgan fingerprint density at radius 2 is 2.19 bits per heavy atom. The van der Waals surface area contributed by atoms with Gasteiger partial charge in [0.1, 0.15) is 11.6 Å². The normalized spacial score (nSPS) is 10.1. The summed E-state index contributed by atoms with van der Waals surface area (Å²) in [5.41, 5.74) is 5.32. The minimum absolute atomic E-state index is 0.0728. The predicted molar refractivity (Wildman–Crippen MR) is 55.3 cm³/mol. The summed E-state index contributed by atoms with van der Waals surface area (Å²) in [5.74, 6) is -0.502. The summed E-state index contributed by atoms with van der Waals surface area (Å²) in [4.78, 5) is 15.2. The van der Waals surface area contributed by atoms with Crippen molar-refractivity contribution in [2.75, 3.05) is 11.1 Å². The second-order valence-electron chi connectivity index (χ2n) is 3.02. The average Bonchev–Trinajstić information content (AvgIpc) is 2.68. The smallest absolute Gasteiger partial charge is 0.292 e. The number of hydrogen-bond donors (Lipinski definition) is 2. The first kappa shape index (κ1) is 10.2. The van der Waals surface area contributed by atoms with Gasteiger partial charge in [-0.05, 0) is 18.2 Å².